The number of halogens is 1. The smallest absolute Gasteiger partial charge is 0.147 e. The molecule has 1 aliphatic rings. The van der Waals surface area contributed by atoms with E-state index in [2.05, 4.69) is 20.5 Å². The van der Waals surface area contributed by atoms with E-state index in [0.29, 0.717) is 33.8 Å². The Morgan fingerprint density at radius 2 is 2.15 bits per heavy atom. The first-order valence-corrected chi connectivity index (χ1v) is 10.9. The highest BCUT2D eigenvalue weighted by atomic mass is 19.1. The minimum Gasteiger partial charge on any atom is -0.482 e. The molecule has 0 radical (unpaired) electrons. The van der Waals surface area contributed by atoms with E-state index in [0.717, 1.165) is 37.8 Å². The fourth-order valence-electron chi connectivity index (χ4n) is 4.01. The molecule has 0 aliphatic carbocycles. The van der Waals surface area contributed by atoms with Crippen molar-refractivity contribution < 1.29 is 14.2 Å². The van der Waals surface area contributed by atoms with Gasteiger partial charge in [0.1, 0.15) is 28.9 Å². The second-order valence-corrected chi connectivity index (χ2v) is 8.05. The normalized spacial score (nSPS) is 16.8. The van der Waals surface area contributed by atoms with Gasteiger partial charge in [0.2, 0.25) is 0 Å². The molecule has 1 atom stereocenters. The molecule has 4 N–H and O–H groups in total. The third kappa shape index (κ3) is 5.01. The molecular weight excluding hydrogens is 425 g/mol. The maximum Gasteiger partial charge on any atom is 0.147 e. The summed E-state index contributed by atoms with van der Waals surface area (Å²) in [5, 5.41) is 21.5. The third-order valence-electron chi connectivity index (χ3n) is 5.72. The minimum absolute atomic E-state index is 0.198. The number of aliphatic hydroxyl groups excluding tert-OH is 1. The summed E-state index contributed by atoms with van der Waals surface area (Å²) in [4.78, 5) is 8.95. The lowest BCUT2D eigenvalue weighted by molar-refractivity contribution is 0.223. The molecule has 0 spiro atoms. The molecule has 10 heteroatoms. The second-order valence-electron chi connectivity index (χ2n) is 8.05. The Labute approximate surface area is 191 Å². The van der Waals surface area contributed by atoms with E-state index in [1.54, 1.807) is 23.0 Å². The predicted octanol–water partition coefficient (Wildman–Crippen LogP) is 2.38. The molecule has 0 bridgehead atoms. The highest BCUT2D eigenvalue weighted by Crippen LogP contribution is 2.30. The zero-order valence-corrected chi connectivity index (χ0v) is 18.7. The number of nitrogens with one attached hydrogen (secondary N) is 1. The van der Waals surface area contributed by atoms with Gasteiger partial charge in [-0.15, -0.1) is 0 Å². The van der Waals surface area contributed by atoms with Crippen molar-refractivity contribution in [2.45, 2.75) is 45.4 Å². The van der Waals surface area contributed by atoms with Crippen molar-refractivity contribution >= 4 is 16.9 Å². The van der Waals surface area contributed by atoms with Crippen LogP contribution in [-0.2, 0) is 6.61 Å². The van der Waals surface area contributed by atoms with Gasteiger partial charge in [-0.25, -0.2) is 8.91 Å². The first-order chi connectivity index (χ1) is 16.0. The first kappa shape index (κ1) is 22.8. The third-order valence-corrected chi connectivity index (χ3v) is 5.72. The number of pyridine rings is 2. The van der Waals surface area contributed by atoms with Gasteiger partial charge in [0.15, 0.2) is 0 Å². The maximum absolute atomic E-state index is 13.3. The van der Waals surface area contributed by atoms with Crippen LogP contribution in [0.5, 0.6) is 5.75 Å². The molecule has 1 aliphatic heterocycles. The molecule has 1 saturated heterocycles. The number of hydrogen-bond donors (Lipinski definition) is 3. The summed E-state index contributed by atoms with van der Waals surface area (Å²) in [6.45, 7) is 5.39. The zero-order valence-electron chi connectivity index (χ0n) is 18.7. The fraction of sp³-hybridized carbons (Fsp3) is 0.391. The van der Waals surface area contributed by atoms with Gasteiger partial charge in [-0.1, -0.05) is 0 Å². The van der Waals surface area contributed by atoms with E-state index in [9.17, 15) is 9.50 Å². The Kier molecular flexibility index (Phi) is 6.95. The van der Waals surface area contributed by atoms with Gasteiger partial charge in [0, 0.05) is 17.3 Å². The van der Waals surface area contributed by atoms with Gasteiger partial charge >= 0.3 is 0 Å². The van der Waals surface area contributed by atoms with Crippen LogP contribution < -0.4 is 15.9 Å². The van der Waals surface area contributed by atoms with Crippen LogP contribution in [0.1, 0.15) is 49.6 Å². The standard InChI is InChI=1S/C23H28FN7O2/c1-14(29-19-5-7-26-8-6-19)22(30-25)16-9-21(23-17(13-32)10-28-31(23)12-16)33-15(2)20-4-3-18(24)11-27-20/h3-4,9-12,15,19,26,32H,5-8,13,25H2,1-2H3/b29-14?,30-22+/t15-/m1/s1. The number of piperidine rings is 1. The average molecular weight is 454 g/mol. The van der Waals surface area contributed by atoms with Gasteiger partial charge in [-0.05, 0) is 58.0 Å². The van der Waals surface area contributed by atoms with Crippen LogP contribution in [0.2, 0.25) is 0 Å². The fourth-order valence-corrected chi connectivity index (χ4v) is 4.01. The van der Waals surface area contributed by atoms with Gasteiger partial charge in [0.05, 0.1) is 36.4 Å². The molecule has 3 aromatic rings. The Balaban J connectivity index is 1.72. The number of nitrogens with zero attached hydrogens (tertiary/aromatic N) is 5. The maximum atomic E-state index is 13.3. The van der Waals surface area contributed by atoms with Gasteiger partial charge in [0.25, 0.3) is 0 Å². The largest absolute Gasteiger partial charge is 0.482 e. The monoisotopic (exact) mass is 453 g/mol. The molecule has 0 unspecified atom stereocenters. The number of hydrogen-bond acceptors (Lipinski definition) is 8. The molecule has 174 valence electrons. The summed E-state index contributed by atoms with van der Waals surface area (Å²) >= 11 is 0. The minimum atomic E-state index is -0.478. The molecule has 3 aromatic heterocycles. The van der Waals surface area contributed by atoms with Gasteiger partial charge < -0.3 is 21.0 Å². The molecule has 0 aromatic carbocycles. The van der Waals surface area contributed by atoms with Crippen molar-refractivity contribution in [3.05, 3.63) is 59.4 Å². The van der Waals surface area contributed by atoms with Crippen molar-refractivity contribution in [2.75, 3.05) is 13.1 Å². The topological polar surface area (TPSA) is 122 Å². The van der Waals surface area contributed by atoms with Crippen LogP contribution in [0.3, 0.4) is 0 Å². The summed E-state index contributed by atoms with van der Waals surface area (Å²) in [5.74, 6) is 5.84. The number of aliphatic imine (C=N–C) groups is 1. The molecule has 1 fully saturated rings. The summed E-state index contributed by atoms with van der Waals surface area (Å²) in [7, 11) is 0. The number of aliphatic hydroxyl groups is 1. The van der Waals surface area contributed by atoms with E-state index in [1.165, 1.54) is 6.07 Å². The average Bonchev–Trinajstić information content (AvgIpc) is 3.24. The molecule has 0 saturated carbocycles. The first-order valence-electron chi connectivity index (χ1n) is 10.9. The SMILES string of the molecule is CC(=NC1CCNCC1)/C(=N\N)c1cc(O[C@H](C)c2ccc(F)cn2)c2c(CO)cnn2c1. The van der Waals surface area contributed by atoms with Gasteiger partial charge in [-0.2, -0.15) is 10.2 Å². The Bertz CT molecular complexity index is 1170. The zero-order chi connectivity index (χ0) is 23.4. The lowest BCUT2D eigenvalue weighted by Gasteiger charge is -2.20. The molecule has 4 rings (SSSR count). The molecule has 0 amide bonds. The number of hydrazone groups is 1. The Hall–Kier alpha value is -3.37. The van der Waals surface area contributed by atoms with Crippen LogP contribution in [0.4, 0.5) is 4.39 Å². The highest BCUT2D eigenvalue weighted by molar-refractivity contribution is 6.47. The van der Waals surface area contributed by atoms with E-state index >= 15 is 0 Å². The van der Waals surface area contributed by atoms with Crippen LogP contribution >= 0.6 is 0 Å². The summed E-state index contributed by atoms with van der Waals surface area (Å²) in [6, 6.07) is 4.94. The van der Waals surface area contributed by atoms with Crippen molar-refractivity contribution in [3.8, 4) is 5.75 Å². The molecule has 9 nitrogen and oxygen atoms in total. The van der Waals surface area contributed by atoms with E-state index in [4.69, 9.17) is 15.6 Å². The van der Waals surface area contributed by atoms with Crippen molar-refractivity contribution in [1.29, 1.82) is 0 Å². The number of rotatable bonds is 7. The lowest BCUT2D eigenvalue weighted by Crippen LogP contribution is -2.31. The van der Waals surface area contributed by atoms with Crippen LogP contribution in [0, 0.1) is 5.82 Å². The highest BCUT2D eigenvalue weighted by Gasteiger charge is 2.20. The van der Waals surface area contributed by atoms with E-state index in [-0.39, 0.29) is 12.6 Å². The van der Waals surface area contributed by atoms with Crippen molar-refractivity contribution in [1.82, 2.24) is 19.9 Å². The second kappa shape index (κ2) is 10.1. The Morgan fingerprint density at radius 3 is 2.82 bits per heavy atom. The predicted molar refractivity (Wildman–Crippen MR) is 124 cm³/mol. The lowest BCUT2D eigenvalue weighted by atomic mass is 10.0. The molecular formula is C23H28FN7O2. The number of aromatic nitrogens is 3. The van der Waals surface area contributed by atoms with Crippen LogP contribution in [-0.4, -0.2) is 50.3 Å². The van der Waals surface area contributed by atoms with Crippen molar-refractivity contribution in [3.63, 3.8) is 0 Å². The summed E-state index contributed by atoms with van der Waals surface area (Å²) < 4.78 is 21.1. The number of nitrogens with two attached hydrogens (primary N) is 1. The van der Waals surface area contributed by atoms with Crippen LogP contribution in [0.15, 0.2) is 46.9 Å². The summed E-state index contributed by atoms with van der Waals surface area (Å²) in [5.41, 5.74) is 3.76. The Morgan fingerprint density at radius 1 is 1.36 bits per heavy atom. The number of ether oxygens (including phenoxy) is 1. The van der Waals surface area contributed by atoms with Crippen LogP contribution in [0.25, 0.3) is 5.52 Å². The van der Waals surface area contributed by atoms with Gasteiger partial charge in [-0.3, -0.25) is 9.98 Å². The number of fused-ring (bicyclic) bond motifs is 1. The quantitative estimate of drug-likeness (QED) is 0.287. The molecule has 4 heterocycles. The van der Waals surface area contributed by atoms with E-state index < -0.39 is 11.9 Å². The molecule has 33 heavy (non-hydrogen) atoms. The summed E-state index contributed by atoms with van der Waals surface area (Å²) in [6.07, 6.45) is 5.97. The van der Waals surface area contributed by atoms with Crippen molar-refractivity contribution in [2.24, 2.45) is 15.9 Å². The van der Waals surface area contributed by atoms with E-state index in [1.807, 2.05) is 19.9 Å².